The Morgan fingerprint density at radius 1 is 1.27 bits per heavy atom. The van der Waals surface area contributed by atoms with Crippen molar-refractivity contribution in [1.82, 2.24) is 19.5 Å². The van der Waals surface area contributed by atoms with Gasteiger partial charge in [0.2, 0.25) is 0 Å². The van der Waals surface area contributed by atoms with E-state index < -0.39 is 0 Å². The number of H-pyrrole nitrogens is 1. The van der Waals surface area contributed by atoms with Gasteiger partial charge in [0.05, 0.1) is 45.8 Å². The van der Waals surface area contributed by atoms with E-state index in [1.54, 1.807) is 17.4 Å². The van der Waals surface area contributed by atoms with Crippen molar-refractivity contribution >= 4 is 39.0 Å². The maximum atomic E-state index is 12.8. The molecule has 1 aromatic carbocycles. The number of nitrogens with zero attached hydrogens (tertiary/aromatic N) is 3. The molecular formula is C24H26ClN5O2S. The lowest BCUT2D eigenvalue weighted by Crippen LogP contribution is -2.19. The van der Waals surface area contributed by atoms with Crippen molar-refractivity contribution in [3.05, 3.63) is 57.9 Å². The molecule has 0 saturated heterocycles. The first-order valence-electron chi connectivity index (χ1n) is 11.1. The number of ether oxygens (including phenoxy) is 1. The van der Waals surface area contributed by atoms with Gasteiger partial charge in [0.25, 0.3) is 5.56 Å². The number of nitrogens with one attached hydrogen (secondary N) is 2. The van der Waals surface area contributed by atoms with E-state index in [0.717, 1.165) is 33.6 Å². The number of rotatable bonds is 8. The van der Waals surface area contributed by atoms with Crippen LogP contribution in [0.5, 0.6) is 5.75 Å². The third-order valence-electron chi connectivity index (χ3n) is 5.72. The minimum atomic E-state index is -0.237. The molecule has 1 aliphatic carbocycles. The Morgan fingerprint density at radius 3 is 2.85 bits per heavy atom. The molecule has 3 aromatic heterocycles. The molecule has 1 fully saturated rings. The third kappa shape index (κ3) is 4.77. The summed E-state index contributed by atoms with van der Waals surface area (Å²) in [5, 5.41) is 5.50. The Kier molecular flexibility index (Phi) is 5.88. The molecule has 0 bridgehead atoms. The molecule has 172 valence electrons. The molecule has 0 amide bonds. The Hall–Kier alpha value is -2.84. The van der Waals surface area contributed by atoms with Crippen molar-refractivity contribution in [2.45, 2.75) is 52.3 Å². The van der Waals surface area contributed by atoms with Crippen LogP contribution in [0, 0.1) is 5.92 Å². The number of hydrogen-bond acceptors (Lipinski definition) is 6. The van der Waals surface area contributed by atoms with Gasteiger partial charge in [0.15, 0.2) is 5.13 Å². The molecule has 1 aliphatic rings. The van der Waals surface area contributed by atoms with Gasteiger partial charge >= 0.3 is 0 Å². The average molecular weight is 484 g/mol. The zero-order chi connectivity index (χ0) is 23.1. The van der Waals surface area contributed by atoms with Crippen LogP contribution in [0.2, 0.25) is 5.02 Å². The fraction of sp³-hybridized carbons (Fsp3) is 0.375. The minimum Gasteiger partial charge on any atom is -0.489 e. The summed E-state index contributed by atoms with van der Waals surface area (Å²) in [6, 6.07) is 5.23. The molecular weight excluding hydrogens is 458 g/mol. The maximum Gasteiger partial charge on any atom is 0.253 e. The van der Waals surface area contributed by atoms with Crippen molar-refractivity contribution in [3.63, 3.8) is 0 Å². The van der Waals surface area contributed by atoms with Crippen LogP contribution in [0.25, 0.3) is 21.5 Å². The van der Waals surface area contributed by atoms with Gasteiger partial charge < -0.3 is 19.6 Å². The van der Waals surface area contributed by atoms with Crippen LogP contribution in [-0.4, -0.2) is 25.6 Å². The van der Waals surface area contributed by atoms with E-state index in [2.05, 4.69) is 24.8 Å². The molecule has 9 heteroatoms. The Labute approximate surface area is 200 Å². The van der Waals surface area contributed by atoms with Crippen LogP contribution in [0.3, 0.4) is 0 Å². The fourth-order valence-electron chi connectivity index (χ4n) is 3.86. The van der Waals surface area contributed by atoms with Crippen LogP contribution in [0.15, 0.2) is 41.7 Å². The number of thiazole rings is 1. The van der Waals surface area contributed by atoms with E-state index in [-0.39, 0.29) is 17.7 Å². The third-order valence-corrected chi connectivity index (χ3v) is 6.96. The zero-order valence-electron chi connectivity index (χ0n) is 18.8. The molecule has 0 aliphatic heterocycles. The van der Waals surface area contributed by atoms with E-state index in [4.69, 9.17) is 16.3 Å². The predicted molar refractivity (Wildman–Crippen MR) is 133 cm³/mol. The van der Waals surface area contributed by atoms with Gasteiger partial charge in [-0.3, -0.25) is 4.79 Å². The quantitative estimate of drug-likeness (QED) is 0.327. The number of aromatic amines is 1. The summed E-state index contributed by atoms with van der Waals surface area (Å²) in [5.41, 5.74) is 2.24. The summed E-state index contributed by atoms with van der Waals surface area (Å²) < 4.78 is 7.94. The number of aromatic nitrogens is 4. The molecule has 33 heavy (non-hydrogen) atoms. The molecule has 2 N–H and O–H groups in total. The summed E-state index contributed by atoms with van der Waals surface area (Å²) in [7, 11) is 0. The lowest BCUT2D eigenvalue weighted by molar-refractivity contribution is 0.243. The molecule has 3 heterocycles. The highest BCUT2D eigenvalue weighted by atomic mass is 35.5. The molecule has 7 nitrogen and oxygen atoms in total. The second-order valence-electron chi connectivity index (χ2n) is 8.86. The first-order valence-corrected chi connectivity index (χ1v) is 12.3. The number of halogens is 1. The lowest BCUT2D eigenvalue weighted by Gasteiger charge is -2.15. The molecule has 1 atom stereocenters. The number of anilines is 1. The summed E-state index contributed by atoms with van der Waals surface area (Å²) in [6.07, 6.45) is 8.22. The van der Waals surface area contributed by atoms with Crippen LogP contribution >= 0.6 is 22.9 Å². The van der Waals surface area contributed by atoms with Crippen molar-refractivity contribution < 1.29 is 4.74 Å². The Morgan fingerprint density at radius 2 is 2.09 bits per heavy atom. The highest BCUT2D eigenvalue weighted by molar-refractivity contribution is 7.18. The average Bonchev–Trinajstić information content (AvgIpc) is 3.25. The number of hydrogen-bond donors (Lipinski definition) is 2. The predicted octanol–water partition coefficient (Wildman–Crippen LogP) is 5.87. The van der Waals surface area contributed by atoms with Crippen molar-refractivity contribution in [2.75, 3.05) is 5.32 Å². The number of benzene rings is 1. The van der Waals surface area contributed by atoms with Crippen LogP contribution in [-0.2, 0) is 6.54 Å². The molecule has 0 unspecified atom stereocenters. The van der Waals surface area contributed by atoms with Crippen LogP contribution in [0.4, 0.5) is 5.13 Å². The fourth-order valence-corrected chi connectivity index (χ4v) is 5.01. The molecule has 4 aromatic rings. The van der Waals surface area contributed by atoms with Crippen LogP contribution in [0.1, 0.15) is 45.2 Å². The monoisotopic (exact) mass is 483 g/mol. The highest BCUT2D eigenvalue weighted by Crippen LogP contribution is 2.35. The Bertz CT molecular complexity index is 1350. The van der Waals surface area contributed by atoms with Gasteiger partial charge in [-0.05, 0) is 51.7 Å². The van der Waals surface area contributed by atoms with Crippen LogP contribution < -0.4 is 15.6 Å². The highest BCUT2D eigenvalue weighted by Gasteiger charge is 2.23. The SMILES string of the molecule is CC(C)Oc1cc2[nH]c(=O)c([C@H](C)Nc3ncc(-c4cncn4CC4CC4)s3)cc2cc1Cl. The van der Waals surface area contributed by atoms with E-state index in [1.165, 1.54) is 12.8 Å². The molecule has 5 rings (SSSR count). The van der Waals surface area contributed by atoms with Gasteiger partial charge in [-0.15, -0.1) is 0 Å². The number of pyridine rings is 1. The number of fused-ring (bicyclic) bond motifs is 1. The summed E-state index contributed by atoms with van der Waals surface area (Å²) >= 11 is 7.96. The van der Waals surface area contributed by atoms with Gasteiger partial charge in [0, 0.05) is 29.8 Å². The molecule has 0 spiro atoms. The smallest absolute Gasteiger partial charge is 0.253 e. The molecule has 1 saturated carbocycles. The first-order chi connectivity index (χ1) is 15.9. The Balaban J connectivity index is 1.37. The first kappa shape index (κ1) is 22.0. The standard InChI is InChI=1S/C24H26ClN5O2S/c1-13(2)32-21-8-19-16(7-18(21)25)6-17(23(31)29-19)14(3)28-24-27-10-22(33-24)20-9-26-12-30(20)11-15-4-5-15/h6-10,12-15H,4-5,11H2,1-3H3,(H,27,28)(H,29,31)/t14-/m0/s1. The van der Waals surface area contributed by atoms with Crippen molar-refractivity contribution in [3.8, 4) is 16.3 Å². The van der Waals surface area contributed by atoms with E-state index >= 15 is 0 Å². The van der Waals surface area contributed by atoms with E-state index in [0.29, 0.717) is 21.9 Å². The van der Waals surface area contributed by atoms with Gasteiger partial charge in [-0.1, -0.05) is 22.9 Å². The summed E-state index contributed by atoms with van der Waals surface area (Å²) in [5.74, 6) is 1.33. The van der Waals surface area contributed by atoms with E-state index in [9.17, 15) is 4.79 Å². The number of imidazole rings is 1. The topological polar surface area (TPSA) is 84.8 Å². The van der Waals surface area contributed by atoms with E-state index in [1.807, 2.05) is 51.6 Å². The largest absolute Gasteiger partial charge is 0.489 e. The normalized spacial score (nSPS) is 14.7. The van der Waals surface area contributed by atoms with Crippen molar-refractivity contribution in [2.24, 2.45) is 5.92 Å². The van der Waals surface area contributed by atoms with Crippen molar-refractivity contribution in [1.29, 1.82) is 0 Å². The molecule has 0 radical (unpaired) electrons. The lowest BCUT2D eigenvalue weighted by atomic mass is 10.1. The second-order valence-corrected chi connectivity index (χ2v) is 10.3. The minimum absolute atomic E-state index is 0.00861. The van der Waals surface area contributed by atoms with Gasteiger partial charge in [0.1, 0.15) is 5.75 Å². The maximum absolute atomic E-state index is 12.8. The second kappa shape index (κ2) is 8.83. The van der Waals surface area contributed by atoms with Gasteiger partial charge in [-0.25, -0.2) is 9.97 Å². The summed E-state index contributed by atoms with van der Waals surface area (Å²) in [6.45, 7) is 6.83. The summed E-state index contributed by atoms with van der Waals surface area (Å²) in [4.78, 5) is 25.7. The zero-order valence-corrected chi connectivity index (χ0v) is 20.3. The van der Waals surface area contributed by atoms with Gasteiger partial charge in [-0.2, -0.15) is 0 Å².